The van der Waals surface area contributed by atoms with Crippen molar-refractivity contribution >= 4 is 27.1 Å². The first-order valence-electron chi connectivity index (χ1n) is 13.3. The van der Waals surface area contributed by atoms with E-state index in [9.17, 15) is 13.2 Å². The fraction of sp³-hybridized carbons (Fsp3) is 0.367. The number of amides is 1. The van der Waals surface area contributed by atoms with Crippen molar-refractivity contribution in [3.63, 3.8) is 0 Å². The van der Waals surface area contributed by atoms with E-state index >= 15 is 4.39 Å². The molecule has 2 fully saturated rings. The first-order valence-corrected chi connectivity index (χ1v) is 15.1. The summed E-state index contributed by atoms with van der Waals surface area (Å²) in [6.07, 6.45) is 3.33. The molecule has 0 saturated carbocycles. The van der Waals surface area contributed by atoms with Gasteiger partial charge >= 0.3 is 0 Å². The first-order chi connectivity index (χ1) is 18.3. The number of para-hydroxylation sites is 1. The highest BCUT2D eigenvalue weighted by Gasteiger charge is 2.29. The van der Waals surface area contributed by atoms with E-state index in [1.165, 1.54) is 19.4 Å². The van der Waals surface area contributed by atoms with Gasteiger partial charge in [0, 0.05) is 55.5 Å². The third kappa shape index (κ3) is 5.70. The zero-order valence-electron chi connectivity index (χ0n) is 21.7. The molecule has 0 aromatic heterocycles. The predicted octanol–water partition coefficient (Wildman–Crippen LogP) is 4.94. The molecule has 1 atom stereocenters. The van der Waals surface area contributed by atoms with Gasteiger partial charge < -0.3 is 15.1 Å². The van der Waals surface area contributed by atoms with Gasteiger partial charge in [0.15, 0.2) is 9.84 Å². The summed E-state index contributed by atoms with van der Waals surface area (Å²) >= 11 is 0. The lowest BCUT2D eigenvalue weighted by Gasteiger charge is -2.35. The summed E-state index contributed by atoms with van der Waals surface area (Å²) < 4.78 is 39.5. The fourth-order valence-corrected chi connectivity index (χ4v) is 6.76. The molecule has 1 amide bonds. The molecule has 38 heavy (non-hydrogen) atoms. The van der Waals surface area contributed by atoms with Gasteiger partial charge in [0.1, 0.15) is 5.82 Å². The minimum atomic E-state index is -3.04. The van der Waals surface area contributed by atoms with E-state index < -0.39 is 21.7 Å². The first kappa shape index (κ1) is 26.2. The number of halogens is 1. The Balaban J connectivity index is 1.64. The third-order valence-electron chi connectivity index (χ3n) is 7.48. The Morgan fingerprint density at radius 3 is 2.24 bits per heavy atom. The van der Waals surface area contributed by atoms with Gasteiger partial charge in [-0.1, -0.05) is 48.5 Å². The molecule has 0 spiro atoms. The summed E-state index contributed by atoms with van der Waals surface area (Å²) in [4.78, 5) is 16.8. The van der Waals surface area contributed by atoms with Crippen molar-refractivity contribution in [2.45, 2.75) is 32.2 Å². The van der Waals surface area contributed by atoms with Gasteiger partial charge in [-0.2, -0.15) is 0 Å². The maximum Gasteiger partial charge on any atom is 0.217 e. The van der Waals surface area contributed by atoms with Crippen molar-refractivity contribution in [3.8, 4) is 11.1 Å². The van der Waals surface area contributed by atoms with E-state index in [-0.39, 0.29) is 17.4 Å². The average molecular weight is 536 g/mol. The van der Waals surface area contributed by atoms with Gasteiger partial charge in [-0.25, -0.2) is 12.8 Å². The van der Waals surface area contributed by atoms with Crippen molar-refractivity contribution in [1.29, 1.82) is 0 Å². The van der Waals surface area contributed by atoms with Crippen molar-refractivity contribution in [2.24, 2.45) is 0 Å². The zero-order valence-corrected chi connectivity index (χ0v) is 22.5. The molecule has 200 valence electrons. The van der Waals surface area contributed by atoms with Crippen LogP contribution in [0.3, 0.4) is 0 Å². The van der Waals surface area contributed by atoms with Crippen LogP contribution in [0.25, 0.3) is 11.1 Å². The monoisotopic (exact) mass is 535 g/mol. The molecule has 5 rings (SSSR count). The lowest BCUT2D eigenvalue weighted by molar-refractivity contribution is -0.119. The maximum absolute atomic E-state index is 15.6. The predicted molar refractivity (Wildman–Crippen MR) is 151 cm³/mol. The summed E-state index contributed by atoms with van der Waals surface area (Å²) in [5, 5.41) is 3.03. The number of piperidine rings is 1. The molecule has 1 N–H and O–H groups in total. The molecule has 0 aliphatic carbocycles. The smallest absolute Gasteiger partial charge is 0.217 e. The molecule has 2 aliphatic heterocycles. The number of nitrogens with one attached hydrogen (secondary N) is 1. The Hall–Kier alpha value is -3.39. The van der Waals surface area contributed by atoms with Crippen LogP contribution in [-0.4, -0.2) is 52.0 Å². The molecule has 0 bridgehead atoms. The van der Waals surface area contributed by atoms with Crippen molar-refractivity contribution < 1.29 is 17.6 Å². The Kier molecular flexibility index (Phi) is 7.70. The van der Waals surface area contributed by atoms with Crippen LogP contribution in [0.4, 0.5) is 15.8 Å². The molecule has 3 aromatic rings. The van der Waals surface area contributed by atoms with Crippen molar-refractivity contribution in [2.75, 3.05) is 47.5 Å². The Bertz CT molecular complexity index is 1390. The summed E-state index contributed by atoms with van der Waals surface area (Å²) in [5.74, 6) is -0.509. The maximum atomic E-state index is 15.6. The number of nitrogens with zero attached hydrogens (tertiary/aromatic N) is 2. The molecule has 2 saturated heterocycles. The second-order valence-corrected chi connectivity index (χ2v) is 12.4. The number of carbonyl (C=O) groups is 1. The van der Waals surface area contributed by atoms with Crippen LogP contribution in [-0.2, 0) is 14.6 Å². The minimum Gasteiger partial charge on any atom is -0.371 e. The van der Waals surface area contributed by atoms with Gasteiger partial charge in [-0.3, -0.25) is 4.79 Å². The molecule has 6 nitrogen and oxygen atoms in total. The fourth-order valence-electron chi connectivity index (χ4n) is 5.56. The summed E-state index contributed by atoms with van der Waals surface area (Å²) in [6.45, 7) is 3.97. The van der Waals surface area contributed by atoms with Crippen LogP contribution in [0, 0.1) is 5.82 Å². The van der Waals surface area contributed by atoms with E-state index in [1.807, 2.05) is 35.2 Å². The zero-order chi connectivity index (χ0) is 26.7. The van der Waals surface area contributed by atoms with E-state index in [0.29, 0.717) is 18.7 Å². The van der Waals surface area contributed by atoms with Gasteiger partial charge in [0.25, 0.3) is 0 Å². The number of hydrogen-bond acceptors (Lipinski definition) is 5. The Morgan fingerprint density at radius 1 is 0.842 bits per heavy atom. The van der Waals surface area contributed by atoms with Crippen molar-refractivity contribution in [1.82, 2.24) is 5.32 Å². The second kappa shape index (κ2) is 11.2. The largest absolute Gasteiger partial charge is 0.371 e. The number of anilines is 2. The molecule has 0 radical (unpaired) electrons. The number of rotatable bonds is 6. The van der Waals surface area contributed by atoms with Crippen molar-refractivity contribution in [3.05, 3.63) is 83.7 Å². The Morgan fingerprint density at radius 2 is 1.55 bits per heavy atom. The van der Waals surface area contributed by atoms with Crippen LogP contribution in [0.15, 0.2) is 66.7 Å². The third-order valence-corrected chi connectivity index (χ3v) is 9.09. The standard InChI is InChI=1S/C30H34FN3O3S/c1-22(35)32-29(27-21-24(13-14-28(27)31)33-17-19-38(36,37)20-18-33)26-12-8-11-25(23-9-4-2-5-10-23)30(26)34-15-6-3-7-16-34/h2,4-5,8-14,21,29H,3,6-7,15-20H2,1H3,(H,32,35). The topological polar surface area (TPSA) is 69.7 Å². The molecule has 2 aliphatic rings. The summed E-state index contributed by atoms with van der Waals surface area (Å²) in [5.41, 5.74) is 5.12. The SMILES string of the molecule is CC(=O)NC(c1cc(N2CCS(=O)(=O)CC2)ccc1F)c1cccc(-c2ccccc2)c1N1CCCCC1. The normalized spacial score (nSPS) is 18.2. The highest BCUT2D eigenvalue weighted by atomic mass is 32.2. The Labute approximate surface area is 224 Å². The molecule has 1 unspecified atom stereocenters. The van der Waals surface area contributed by atoms with Crippen LogP contribution in [0.2, 0.25) is 0 Å². The van der Waals surface area contributed by atoms with Gasteiger partial charge in [-0.15, -0.1) is 0 Å². The average Bonchev–Trinajstić information content (AvgIpc) is 2.93. The van der Waals surface area contributed by atoms with E-state index in [1.54, 1.807) is 12.1 Å². The molecular weight excluding hydrogens is 501 g/mol. The highest BCUT2D eigenvalue weighted by molar-refractivity contribution is 7.91. The van der Waals surface area contributed by atoms with Crippen LogP contribution < -0.4 is 15.1 Å². The number of sulfone groups is 1. The summed E-state index contributed by atoms with van der Waals surface area (Å²) in [6, 6.07) is 20.4. The minimum absolute atomic E-state index is 0.0765. The van der Waals surface area contributed by atoms with Crippen LogP contribution in [0.5, 0.6) is 0 Å². The quantitative estimate of drug-likeness (QED) is 0.484. The van der Waals surface area contributed by atoms with E-state index in [2.05, 4.69) is 28.4 Å². The van der Waals surface area contributed by atoms with Gasteiger partial charge in [-0.05, 0) is 43.0 Å². The lowest BCUT2D eigenvalue weighted by Crippen LogP contribution is -2.40. The molecule has 8 heteroatoms. The highest BCUT2D eigenvalue weighted by Crippen LogP contribution is 2.41. The summed E-state index contributed by atoms with van der Waals surface area (Å²) in [7, 11) is -3.04. The van der Waals surface area contributed by atoms with E-state index in [4.69, 9.17) is 0 Å². The number of hydrogen-bond donors (Lipinski definition) is 1. The van der Waals surface area contributed by atoms with E-state index in [0.717, 1.165) is 54.0 Å². The second-order valence-electron chi connectivity index (χ2n) is 10.1. The van der Waals surface area contributed by atoms with Crippen LogP contribution >= 0.6 is 0 Å². The lowest BCUT2D eigenvalue weighted by atomic mass is 9.90. The number of carbonyl (C=O) groups excluding carboxylic acids is 1. The molecule has 2 heterocycles. The van der Waals surface area contributed by atoms with Gasteiger partial charge in [0.2, 0.25) is 5.91 Å². The van der Waals surface area contributed by atoms with Crippen LogP contribution in [0.1, 0.15) is 43.4 Å². The number of benzene rings is 3. The van der Waals surface area contributed by atoms with Gasteiger partial charge in [0.05, 0.1) is 23.2 Å². The molecule has 3 aromatic carbocycles. The molecular formula is C30H34FN3O3S.